The molecule has 0 N–H and O–H groups in total. The molecule has 21 heavy (non-hydrogen) atoms. The summed E-state index contributed by atoms with van der Waals surface area (Å²) in [5.41, 5.74) is 0.399. The van der Waals surface area contributed by atoms with Crippen molar-refractivity contribution in [2.75, 3.05) is 14.2 Å². The molecule has 1 heterocycles. The van der Waals surface area contributed by atoms with E-state index in [1.807, 2.05) is 0 Å². The Labute approximate surface area is 121 Å². The molecule has 0 fully saturated rings. The van der Waals surface area contributed by atoms with Crippen LogP contribution in [0.4, 0.5) is 0 Å². The number of carbonyl (C=O) groups is 2. The molecule has 0 atom stereocenters. The smallest absolute Gasteiger partial charge is 0.373 e. The van der Waals surface area contributed by atoms with Crippen molar-refractivity contribution >= 4 is 11.9 Å². The van der Waals surface area contributed by atoms with Gasteiger partial charge in [0.1, 0.15) is 18.1 Å². The van der Waals surface area contributed by atoms with Gasteiger partial charge in [-0.2, -0.15) is 0 Å². The Bertz CT molecular complexity index is 626. The Morgan fingerprint density at radius 3 is 2.33 bits per heavy atom. The van der Waals surface area contributed by atoms with Crippen molar-refractivity contribution in [3.05, 3.63) is 53.5 Å². The molecule has 0 spiro atoms. The van der Waals surface area contributed by atoms with E-state index in [9.17, 15) is 9.59 Å². The van der Waals surface area contributed by atoms with Gasteiger partial charge in [0.05, 0.1) is 19.8 Å². The zero-order chi connectivity index (χ0) is 15.2. The van der Waals surface area contributed by atoms with E-state index in [4.69, 9.17) is 13.9 Å². The van der Waals surface area contributed by atoms with Gasteiger partial charge in [-0.3, -0.25) is 0 Å². The molecule has 6 heteroatoms. The summed E-state index contributed by atoms with van der Waals surface area (Å²) < 4.78 is 19.8. The Morgan fingerprint density at radius 1 is 1.00 bits per heavy atom. The van der Waals surface area contributed by atoms with E-state index in [1.54, 1.807) is 37.4 Å². The molecular weight excluding hydrogens is 276 g/mol. The van der Waals surface area contributed by atoms with Gasteiger partial charge in [-0.15, -0.1) is 0 Å². The number of ether oxygens (including phenoxy) is 3. The van der Waals surface area contributed by atoms with Crippen LogP contribution in [0.3, 0.4) is 0 Å². The highest BCUT2D eigenvalue weighted by Crippen LogP contribution is 2.14. The highest BCUT2D eigenvalue weighted by atomic mass is 16.6. The van der Waals surface area contributed by atoms with E-state index in [1.165, 1.54) is 13.2 Å². The highest BCUT2D eigenvalue weighted by Gasteiger charge is 2.13. The average Bonchev–Trinajstić information content (AvgIpc) is 3.01. The second kappa shape index (κ2) is 6.60. The number of rotatable bonds is 5. The maximum absolute atomic E-state index is 11.8. The third-order valence-corrected chi connectivity index (χ3v) is 2.72. The number of hydrogen-bond donors (Lipinski definition) is 0. The maximum atomic E-state index is 11.8. The first kappa shape index (κ1) is 14.6. The van der Waals surface area contributed by atoms with E-state index in [0.29, 0.717) is 17.1 Å². The van der Waals surface area contributed by atoms with Crippen LogP contribution >= 0.6 is 0 Å². The third kappa shape index (κ3) is 3.62. The predicted molar refractivity (Wildman–Crippen MR) is 72.2 cm³/mol. The molecule has 0 aliphatic rings. The van der Waals surface area contributed by atoms with E-state index in [-0.39, 0.29) is 12.4 Å². The van der Waals surface area contributed by atoms with Gasteiger partial charge in [0.15, 0.2) is 0 Å². The molecule has 0 bridgehead atoms. The fourth-order valence-electron chi connectivity index (χ4n) is 1.61. The lowest BCUT2D eigenvalue weighted by molar-refractivity contribution is 0.0438. The molecule has 0 unspecified atom stereocenters. The predicted octanol–water partition coefficient (Wildman–Crippen LogP) is 2.43. The van der Waals surface area contributed by atoms with E-state index in [2.05, 4.69) is 4.74 Å². The van der Waals surface area contributed by atoms with Crippen molar-refractivity contribution in [1.29, 1.82) is 0 Å². The molecule has 110 valence electrons. The molecule has 6 nitrogen and oxygen atoms in total. The Morgan fingerprint density at radius 2 is 1.71 bits per heavy atom. The second-order valence-corrected chi connectivity index (χ2v) is 4.06. The summed E-state index contributed by atoms with van der Waals surface area (Å²) in [7, 11) is 2.80. The summed E-state index contributed by atoms with van der Waals surface area (Å²) in [6.07, 6.45) is 0. The van der Waals surface area contributed by atoms with Crippen molar-refractivity contribution in [1.82, 2.24) is 0 Å². The SMILES string of the molecule is COC(=O)c1ccc(COC(=O)c2ccc(OC)cc2)o1. The van der Waals surface area contributed by atoms with Gasteiger partial charge in [-0.05, 0) is 36.4 Å². The molecule has 2 aromatic rings. The molecule has 0 saturated carbocycles. The number of furan rings is 1. The molecule has 2 rings (SSSR count). The maximum Gasteiger partial charge on any atom is 0.373 e. The summed E-state index contributed by atoms with van der Waals surface area (Å²) in [5, 5.41) is 0. The van der Waals surface area contributed by atoms with Gasteiger partial charge in [-0.1, -0.05) is 0 Å². The molecule has 0 aliphatic heterocycles. The third-order valence-electron chi connectivity index (χ3n) is 2.72. The molecular formula is C15H14O6. The van der Waals surface area contributed by atoms with Crippen LogP contribution in [-0.2, 0) is 16.1 Å². The van der Waals surface area contributed by atoms with Gasteiger partial charge >= 0.3 is 11.9 Å². The molecule has 0 aliphatic carbocycles. The summed E-state index contributed by atoms with van der Waals surface area (Å²) >= 11 is 0. The minimum Gasteiger partial charge on any atom is -0.497 e. The van der Waals surface area contributed by atoms with Crippen LogP contribution in [-0.4, -0.2) is 26.2 Å². The average molecular weight is 290 g/mol. The van der Waals surface area contributed by atoms with Crippen LogP contribution in [0.5, 0.6) is 5.75 Å². The second-order valence-electron chi connectivity index (χ2n) is 4.06. The lowest BCUT2D eigenvalue weighted by Gasteiger charge is -2.04. The zero-order valence-electron chi connectivity index (χ0n) is 11.6. The summed E-state index contributed by atoms with van der Waals surface area (Å²) in [6.45, 7) is -0.0676. The van der Waals surface area contributed by atoms with Crippen LogP contribution in [0.2, 0.25) is 0 Å². The van der Waals surface area contributed by atoms with Crippen LogP contribution < -0.4 is 4.74 Å². The first-order valence-corrected chi connectivity index (χ1v) is 6.12. The lowest BCUT2D eigenvalue weighted by Crippen LogP contribution is -2.04. The van der Waals surface area contributed by atoms with Gasteiger partial charge < -0.3 is 18.6 Å². The molecule has 0 radical (unpaired) electrons. The van der Waals surface area contributed by atoms with Crippen LogP contribution in [0.25, 0.3) is 0 Å². The van der Waals surface area contributed by atoms with Gasteiger partial charge in [0.25, 0.3) is 0 Å². The van der Waals surface area contributed by atoms with Gasteiger partial charge in [-0.25, -0.2) is 9.59 Å². The summed E-state index contributed by atoms with van der Waals surface area (Å²) in [4.78, 5) is 23.0. The normalized spacial score (nSPS) is 10.0. The molecule has 0 amide bonds. The first-order chi connectivity index (χ1) is 10.1. The molecule has 1 aromatic carbocycles. The van der Waals surface area contributed by atoms with Crippen LogP contribution in [0, 0.1) is 0 Å². The Hall–Kier alpha value is -2.76. The number of benzene rings is 1. The van der Waals surface area contributed by atoms with Gasteiger partial charge in [0.2, 0.25) is 5.76 Å². The minimum absolute atomic E-state index is 0.0630. The number of methoxy groups -OCH3 is 2. The lowest BCUT2D eigenvalue weighted by atomic mass is 10.2. The minimum atomic E-state index is -0.581. The van der Waals surface area contributed by atoms with E-state index < -0.39 is 11.9 Å². The van der Waals surface area contributed by atoms with Crippen molar-refractivity contribution in [2.24, 2.45) is 0 Å². The van der Waals surface area contributed by atoms with E-state index in [0.717, 1.165) is 0 Å². The van der Waals surface area contributed by atoms with E-state index >= 15 is 0 Å². The van der Waals surface area contributed by atoms with Crippen molar-refractivity contribution in [3.8, 4) is 5.75 Å². The topological polar surface area (TPSA) is 75.0 Å². The monoisotopic (exact) mass is 290 g/mol. The van der Waals surface area contributed by atoms with Crippen LogP contribution in [0.1, 0.15) is 26.7 Å². The summed E-state index contributed by atoms with van der Waals surface area (Å²) in [6, 6.07) is 9.54. The molecule has 0 saturated heterocycles. The molecule has 1 aromatic heterocycles. The number of hydrogen-bond acceptors (Lipinski definition) is 6. The highest BCUT2D eigenvalue weighted by molar-refractivity contribution is 5.89. The Kier molecular flexibility index (Phi) is 4.61. The first-order valence-electron chi connectivity index (χ1n) is 6.12. The quantitative estimate of drug-likeness (QED) is 0.787. The van der Waals surface area contributed by atoms with Gasteiger partial charge in [0, 0.05) is 0 Å². The van der Waals surface area contributed by atoms with Crippen molar-refractivity contribution < 1.29 is 28.2 Å². The Balaban J connectivity index is 1.94. The van der Waals surface area contributed by atoms with Crippen molar-refractivity contribution in [2.45, 2.75) is 6.61 Å². The standard InChI is InChI=1S/C15H14O6/c1-18-11-5-3-10(4-6-11)14(16)20-9-12-7-8-13(21-12)15(17)19-2/h3-8H,9H2,1-2H3. The number of carbonyl (C=O) groups excluding carboxylic acids is 2. The van der Waals surface area contributed by atoms with Crippen molar-refractivity contribution in [3.63, 3.8) is 0 Å². The largest absolute Gasteiger partial charge is 0.497 e. The summed E-state index contributed by atoms with van der Waals surface area (Å²) in [5.74, 6) is 0.00182. The fraction of sp³-hybridized carbons (Fsp3) is 0.200. The number of esters is 2. The van der Waals surface area contributed by atoms with Crippen LogP contribution in [0.15, 0.2) is 40.8 Å². The zero-order valence-corrected chi connectivity index (χ0v) is 11.6. The fourth-order valence-corrected chi connectivity index (χ4v) is 1.61.